The highest BCUT2D eigenvalue weighted by molar-refractivity contribution is 4.82. The minimum Gasteiger partial charge on any atom is -0.394 e. The van der Waals surface area contributed by atoms with Gasteiger partial charge in [-0.1, -0.05) is 6.92 Å². The maximum absolute atomic E-state index is 9.33. The van der Waals surface area contributed by atoms with Gasteiger partial charge in [-0.15, -0.1) is 0 Å². The lowest BCUT2D eigenvalue weighted by molar-refractivity contribution is -0.193. The third-order valence-corrected chi connectivity index (χ3v) is 2.01. The summed E-state index contributed by atoms with van der Waals surface area (Å²) in [5.74, 6) is 0. The van der Waals surface area contributed by atoms with Gasteiger partial charge in [-0.2, -0.15) is 0 Å². The first-order chi connectivity index (χ1) is 5.19. The predicted molar refractivity (Wildman–Crippen MR) is 38.0 cm³/mol. The third kappa shape index (κ3) is 1.90. The van der Waals surface area contributed by atoms with Gasteiger partial charge in [-0.3, -0.25) is 0 Å². The molecular weight excluding hydrogens is 148 g/mol. The van der Waals surface area contributed by atoms with E-state index in [1.807, 2.05) is 6.92 Å². The Labute approximate surface area is 65.7 Å². The quantitative estimate of drug-likeness (QED) is 0.566. The second kappa shape index (κ2) is 3.49. The first-order valence-corrected chi connectivity index (χ1v) is 3.63. The Morgan fingerprint density at radius 1 is 1.45 bits per heavy atom. The molecule has 1 heterocycles. The number of hydrogen-bond donors (Lipinski definition) is 2. The van der Waals surface area contributed by atoms with E-state index in [0.29, 0.717) is 13.2 Å². The average Bonchev–Trinajstić information content (AvgIpc) is 2.04. The molecule has 1 atom stereocenters. The van der Waals surface area contributed by atoms with Crippen LogP contribution in [0.1, 0.15) is 6.92 Å². The Hall–Kier alpha value is -0.160. The molecule has 2 N–H and O–H groups in total. The number of aliphatic hydroxyl groups is 2. The van der Waals surface area contributed by atoms with Crippen molar-refractivity contribution in [2.24, 2.45) is 5.41 Å². The summed E-state index contributed by atoms with van der Waals surface area (Å²) in [5, 5.41) is 18.0. The van der Waals surface area contributed by atoms with E-state index >= 15 is 0 Å². The van der Waals surface area contributed by atoms with Crippen molar-refractivity contribution in [3.05, 3.63) is 0 Å². The van der Waals surface area contributed by atoms with Crippen molar-refractivity contribution in [3.63, 3.8) is 0 Å². The molecule has 1 aliphatic rings. The molecule has 1 rings (SSSR count). The molecule has 0 radical (unpaired) electrons. The average molecular weight is 162 g/mol. The number of hydrogen-bond acceptors (Lipinski definition) is 4. The molecular formula is C7H14O4. The first-order valence-electron chi connectivity index (χ1n) is 3.63. The Kier molecular flexibility index (Phi) is 2.84. The largest absolute Gasteiger partial charge is 0.394 e. The first kappa shape index (κ1) is 8.93. The Morgan fingerprint density at radius 3 is 2.45 bits per heavy atom. The molecule has 11 heavy (non-hydrogen) atoms. The lowest BCUT2D eigenvalue weighted by atomic mass is 9.86. The van der Waals surface area contributed by atoms with Crippen molar-refractivity contribution in [1.29, 1.82) is 0 Å². The van der Waals surface area contributed by atoms with Crippen LogP contribution in [0.2, 0.25) is 0 Å². The molecule has 0 aliphatic carbocycles. The number of rotatable bonds is 2. The number of ether oxygens (including phenoxy) is 2. The monoisotopic (exact) mass is 162 g/mol. The van der Waals surface area contributed by atoms with E-state index in [0.717, 1.165) is 0 Å². The van der Waals surface area contributed by atoms with Crippen LogP contribution in [0.15, 0.2) is 0 Å². The summed E-state index contributed by atoms with van der Waals surface area (Å²) in [6.45, 7) is 2.74. The zero-order valence-corrected chi connectivity index (χ0v) is 6.62. The van der Waals surface area contributed by atoms with E-state index in [4.69, 9.17) is 14.6 Å². The Morgan fingerprint density at radius 2 is 2.00 bits per heavy atom. The highest BCUT2D eigenvalue weighted by Gasteiger charge is 2.35. The Balaban J connectivity index is 2.49. The van der Waals surface area contributed by atoms with Crippen LogP contribution in [0.5, 0.6) is 0 Å². The lowest BCUT2D eigenvalue weighted by Crippen LogP contribution is -2.46. The minimum atomic E-state index is -0.761. The molecule has 4 heteroatoms. The summed E-state index contributed by atoms with van der Waals surface area (Å²) < 4.78 is 10.0. The summed E-state index contributed by atoms with van der Waals surface area (Å²) in [5.41, 5.74) is -0.451. The molecule has 0 bridgehead atoms. The maximum atomic E-state index is 9.33. The van der Waals surface area contributed by atoms with Crippen molar-refractivity contribution in [2.75, 3.05) is 26.6 Å². The van der Waals surface area contributed by atoms with E-state index in [1.54, 1.807) is 0 Å². The molecule has 1 aliphatic heterocycles. The Bertz CT molecular complexity index is 120. The van der Waals surface area contributed by atoms with Gasteiger partial charge in [0.1, 0.15) is 6.79 Å². The molecule has 0 saturated carbocycles. The van der Waals surface area contributed by atoms with E-state index in [9.17, 15) is 5.11 Å². The van der Waals surface area contributed by atoms with Gasteiger partial charge < -0.3 is 19.7 Å². The molecule has 66 valence electrons. The van der Waals surface area contributed by atoms with Crippen molar-refractivity contribution in [2.45, 2.75) is 13.0 Å². The summed E-state index contributed by atoms with van der Waals surface area (Å²) in [6, 6.07) is 0. The topological polar surface area (TPSA) is 58.9 Å². The van der Waals surface area contributed by atoms with Gasteiger partial charge in [0.15, 0.2) is 0 Å². The van der Waals surface area contributed by atoms with E-state index in [1.165, 1.54) is 0 Å². The van der Waals surface area contributed by atoms with Crippen molar-refractivity contribution in [1.82, 2.24) is 0 Å². The van der Waals surface area contributed by atoms with Gasteiger partial charge in [0.2, 0.25) is 0 Å². The predicted octanol–water partition coefficient (Wildman–Crippen LogP) is -0.650. The van der Waals surface area contributed by atoms with Crippen molar-refractivity contribution >= 4 is 0 Å². The van der Waals surface area contributed by atoms with Gasteiger partial charge >= 0.3 is 0 Å². The second-order valence-electron chi connectivity index (χ2n) is 3.17. The van der Waals surface area contributed by atoms with Gasteiger partial charge in [-0.25, -0.2) is 0 Å². The van der Waals surface area contributed by atoms with Gasteiger partial charge in [0, 0.05) is 5.41 Å². The standard InChI is InChI=1S/C7H14O4/c1-7(6(9)2-8)3-10-5-11-4-7/h6,8-9H,2-5H2,1H3. The summed E-state index contributed by atoms with van der Waals surface area (Å²) in [4.78, 5) is 0. The van der Waals surface area contributed by atoms with Crippen molar-refractivity contribution < 1.29 is 19.7 Å². The van der Waals surface area contributed by atoms with Crippen LogP contribution >= 0.6 is 0 Å². The van der Waals surface area contributed by atoms with Crippen LogP contribution in [0.3, 0.4) is 0 Å². The number of aliphatic hydroxyl groups excluding tert-OH is 2. The van der Waals surface area contributed by atoms with Crippen LogP contribution < -0.4 is 0 Å². The van der Waals surface area contributed by atoms with E-state index in [2.05, 4.69) is 0 Å². The molecule has 0 aromatic carbocycles. The van der Waals surface area contributed by atoms with Crippen LogP contribution in [0, 0.1) is 5.41 Å². The second-order valence-corrected chi connectivity index (χ2v) is 3.17. The van der Waals surface area contributed by atoms with Gasteiger partial charge in [0.25, 0.3) is 0 Å². The fraction of sp³-hybridized carbons (Fsp3) is 1.00. The lowest BCUT2D eigenvalue weighted by Gasteiger charge is -2.36. The van der Waals surface area contributed by atoms with E-state index < -0.39 is 11.5 Å². The molecule has 1 unspecified atom stereocenters. The normalized spacial score (nSPS) is 26.5. The molecule has 0 amide bonds. The molecule has 0 spiro atoms. The highest BCUT2D eigenvalue weighted by atomic mass is 16.7. The smallest absolute Gasteiger partial charge is 0.146 e. The van der Waals surface area contributed by atoms with E-state index in [-0.39, 0.29) is 13.4 Å². The third-order valence-electron chi connectivity index (χ3n) is 2.01. The summed E-state index contributed by atoms with van der Waals surface area (Å²) >= 11 is 0. The molecule has 0 aromatic rings. The van der Waals surface area contributed by atoms with Gasteiger partial charge in [-0.05, 0) is 0 Å². The van der Waals surface area contributed by atoms with Crippen LogP contribution in [-0.4, -0.2) is 42.9 Å². The fourth-order valence-corrected chi connectivity index (χ4v) is 1.06. The zero-order chi connectivity index (χ0) is 8.32. The van der Waals surface area contributed by atoms with Crippen LogP contribution in [0.4, 0.5) is 0 Å². The van der Waals surface area contributed by atoms with Crippen LogP contribution in [-0.2, 0) is 9.47 Å². The SMILES string of the molecule is CC1(C(O)CO)COCOC1. The molecule has 1 fully saturated rings. The maximum Gasteiger partial charge on any atom is 0.146 e. The summed E-state index contributed by atoms with van der Waals surface area (Å²) in [7, 11) is 0. The van der Waals surface area contributed by atoms with Crippen LogP contribution in [0.25, 0.3) is 0 Å². The minimum absolute atomic E-state index is 0.247. The fourth-order valence-electron chi connectivity index (χ4n) is 1.06. The molecule has 0 aromatic heterocycles. The highest BCUT2D eigenvalue weighted by Crippen LogP contribution is 2.25. The zero-order valence-electron chi connectivity index (χ0n) is 6.62. The van der Waals surface area contributed by atoms with Gasteiger partial charge in [0.05, 0.1) is 25.9 Å². The summed E-state index contributed by atoms with van der Waals surface area (Å²) in [6.07, 6.45) is -0.761. The molecule has 1 saturated heterocycles. The molecule has 4 nitrogen and oxygen atoms in total. The van der Waals surface area contributed by atoms with Crippen molar-refractivity contribution in [3.8, 4) is 0 Å².